The summed E-state index contributed by atoms with van der Waals surface area (Å²) in [5.74, 6) is -0.501. The molecular weight excluding hydrogens is 476 g/mol. The van der Waals surface area contributed by atoms with Gasteiger partial charge in [0.15, 0.2) is 4.80 Å². The second kappa shape index (κ2) is 9.79. The normalized spacial score (nSPS) is 15.5. The number of allylic oxidation sites excluding steroid dienone is 1. The number of rotatable bonds is 5. The second-order valence-electron chi connectivity index (χ2n) is 7.52. The zero-order chi connectivity index (χ0) is 24.4. The summed E-state index contributed by atoms with van der Waals surface area (Å²) in [6.45, 7) is 5.00. The lowest BCUT2D eigenvalue weighted by Crippen LogP contribution is -2.39. The third kappa shape index (κ3) is 4.73. The fraction of sp³-hybridized carbons (Fsp3) is 0.200. The number of hydrogen-bond acceptors (Lipinski definition) is 7. The van der Waals surface area contributed by atoms with Crippen molar-refractivity contribution < 1.29 is 19.1 Å². The van der Waals surface area contributed by atoms with Crippen LogP contribution < -0.4 is 19.6 Å². The van der Waals surface area contributed by atoms with Crippen molar-refractivity contribution in [1.82, 2.24) is 4.57 Å². The van der Waals surface area contributed by atoms with Crippen molar-refractivity contribution in [1.29, 1.82) is 0 Å². The summed E-state index contributed by atoms with van der Waals surface area (Å²) >= 11 is 7.31. The molecule has 4 rings (SSSR count). The number of aromatic nitrogens is 1. The molecule has 0 saturated heterocycles. The molecule has 34 heavy (non-hydrogen) atoms. The molecule has 1 aliphatic rings. The van der Waals surface area contributed by atoms with Gasteiger partial charge >= 0.3 is 11.9 Å². The molecule has 174 valence electrons. The maximum atomic E-state index is 13.5. The van der Waals surface area contributed by atoms with E-state index in [4.69, 9.17) is 21.1 Å². The Morgan fingerprint density at radius 2 is 1.82 bits per heavy atom. The molecule has 0 amide bonds. The Kier molecular flexibility index (Phi) is 6.81. The Hall–Kier alpha value is -3.49. The van der Waals surface area contributed by atoms with Crippen LogP contribution in [0.15, 0.2) is 69.6 Å². The zero-order valence-corrected chi connectivity index (χ0v) is 20.3. The predicted molar refractivity (Wildman–Crippen MR) is 130 cm³/mol. The van der Waals surface area contributed by atoms with Gasteiger partial charge in [-0.1, -0.05) is 47.2 Å². The van der Waals surface area contributed by atoms with E-state index in [1.165, 1.54) is 22.8 Å². The quantitative estimate of drug-likeness (QED) is 0.399. The number of thiazole rings is 1. The van der Waals surface area contributed by atoms with Crippen LogP contribution in [-0.4, -0.2) is 23.1 Å². The highest BCUT2D eigenvalue weighted by atomic mass is 35.5. The largest absolute Gasteiger partial charge is 0.463 e. The number of carbonyl (C=O) groups is 2. The van der Waals surface area contributed by atoms with Crippen LogP contribution in [-0.2, 0) is 14.3 Å². The van der Waals surface area contributed by atoms with E-state index in [-0.39, 0.29) is 12.2 Å². The fourth-order valence-corrected chi connectivity index (χ4v) is 4.87. The van der Waals surface area contributed by atoms with Crippen molar-refractivity contribution >= 4 is 41.0 Å². The van der Waals surface area contributed by atoms with E-state index in [0.717, 1.165) is 11.1 Å². The lowest BCUT2D eigenvalue weighted by Gasteiger charge is -2.24. The highest BCUT2D eigenvalue weighted by molar-refractivity contribution is 7.07. The summed E-state index contributed by atoms with van der Waals surface area (Å²) in [7, 11) is 0. The first-order valence-electron chi connectivity index (χ1n) is 10.5. The van der Waals surface area contributed by atoms with Crippen molar-refractivity contribution in [2.75, 3.05) is 6.61 Å². The minimum atomic E-state index is -0.693. The minimum absolute atomic E-state index is 0.205. The maximum absolute atomic E-state index is 13.5. The van der Waals surface area contributed by atoms with E-state index in [0.29, 0.717) is 31.4 Å². The zero-order valence-electron chi connectivity index (χ0n) is 18.7. The Morgan fingerprint density at radius 1 is 1.15 bits per heavy atom. The lowest BCUT2D eigenvalue weighted by molar-refractivity contribution is -0.139. The fourth-order valence-electron chi connectivity index (χ4n) is 3.70. The van der Waals surface area contributed by atoms with E-state index in [9.17, 15) is 14.4 Å². The van der Waals surface area contributed by atoms with Crippen LogP contribution in [0, 0.1) is 0 Å². The monoisotopic (exact) mass is 496 g/mol. The highest BCUT2D eigenvalue weighted by Crippen LogP contribution is 2.31. The summed E-state index contributed by atoms with van der Waals surface area (Å²) in [5.41, 5.74) is 2.01. The Bertz CT molecular complexity index is 1470. The van der Waals surface area contributed by atoms with Gasteiger partial charge in [0.05, 0.1) is 28.5 Å². The summed E-state index contributed by atoms with van der Waals surface area (Å²) in [6, 6.07) is 13.1. The van der Waals surface area contributed by atoms with Crippen LogP contribution in [0.4, 0.5) is 0 Å². The molecule has 2 aromatic carbocycles. The van der Waals surface area contributed by atoms with E-state index in [1.807, 2.05) is 0 Å². The molecule has 0 radical (unpaired) electrons. The van der Waals surface area contributed by atoms with E-state index < -0.39 is 18.0 Å². The Labute approximate surface area is 204 Å². The molecule has 0 bridgehead atoms. The molecule has 1 unspecified atom stereocenters. The van der Waals surface area contributed by atoms with Crippen LogP contribution in [0.2, 0.25) is 5.02 Å². The van der Waals surface area contributed by atoms with Gasteiger partial charge in [-0.25, -0.2) is 9.79 Å². The number of ether oxygens (including phenoxy) is 2. The van der Waals surface area contributed by atoms with Gasteiger partial charge in [0, 0.05) is 11.9 Å². The first kappa shape index (κ1) is 23.7. The average Bonchev–Trinajstić information content (AvgIpc) is 3.09. The molecule has 0 spiro atoms. The van der Waals surface area contributed by atoms with Crippen molar-refractivity contribution in [3.8, 4) is 5.75 Å². The number of halogens is 1. The number of esters is 2. The molecular formula is C25H21ClN2O5S. The van der Waals surface area contributed by atoms with E-state index >= 15 is 0 Å². The van der Waals surface area contributed by atoms with Gasteiger partial charge in [0.1, 0.15) is 5.75 Å². The molecule has 0 saturated carbocycles. The van der Waals surface area contributed by atoms with Gasteiger partial charge in [-0.3, -0.25) is 14.2 Å². The number of benzene rings is 2. The number of fused-ring (bicyclic) bond motifs is 1. The van der Waals surface area contributed by atoms with Gasteiger partial charge in [0.2, 0.25) is 0 Å². The van der Waals surface area contributed by atoms with Crippen molar-refractivity contribution in [2.24, 2.45) is 4.99 Å². The molecule has 1 aliphatic heterocycles. The van der Waals surface area contributed by atoms with E-state index in [2.05, 4.69) is 4.99 Å². The molecule has 2 heterocycles. The van der Waals surface area contributed by atoms with Crippen LogP contribution in [0.1, 0.15) is 37.9 Å². The van der Waals surface area contributed by atoms with Crippen LogP contribution in [0.25, 0.3) is 6.08 Å². The standard InChI is InChI=1S/C25H21ClN2O5S/c1-4-32-24(31)21-14(2)27-25-28(22(21)17-7-9-18(26)10-8-17)23(30)20(34-25)13-16-5-11-19(12-6-16)33-15(3)29/h5-13,22H,4H2,1-3H3. The smallest absolute Gasteiger partial charge is 0.338 e. The maximum Gasteiger partial charge on any atom is 0.338 e. The SMILES string of the molecule is CCOC(=O)C1=C(C)N=c2sc(=Cc3ccc(OC(C)=O)cc3)c(=O)n2C1c1ccc(Cl)cc1. The van der Waals surface area contributed by atoms with Crippen LogP contribution >= 0.6 is 22.9 Å². The molecule has 1 aromatic heterocycles. The topological polar surface area (TPSA) is 87.0 Å². The molecule has 0 N–H and O–H groups in total. The minimum Gasteiger partial charge on any atom is -0.463 e. The Morgan fingerprint density at radius 3 is 2.44 bits per heavy atom. The predicted octanol–water partition coefficient (Wildman–Crippen LogP) is 3.38. The number of nitrogens with zero attached hydrogens (tertiary/aromatic N) is 2. The molecule has 0 aliphatic carbocycles. The van der Waals surface area contributed by atoms with Gasteiger partial charge in [-0.05, 0) is 55.3 Å². The van der Waals surface area contributed by atoms with Gasteiger partial charge < -0.3 is 9.47 Å². The van der Waals surface area contributed by atoms with Crippen LogP contribution in [0.3, 0.4) is 0 Å². The van der Waals surface area contributed by atoms with Gasteiger partial charge in [-0.2, -0.15) is 0 Å². The first-order valence-corrected chi connectivity index (χ1v) is 11.7. The summed E-state index contributed by atoms with van der Waals surface area (Å²) in [5, 5.41) is 0.548. The number of carbonyl (C=O) groups excluding carboxylic acids is 2. The second-order valence-corrected chi connectivity index (χ2v) is 8.96. The third-order valence-electron chi connectivity index (χ3n) is 5.14. The molecule has 1 atom stereocenters. The highest BCUT2D eigenvalue weighted by Gasteiger charge is 2.33. The van der Waals surface area contributed by atoms with Crippen LogP contribution in [0.5, 0.6) is 5.75 Å². The molecule has 7 nitrogen and oxygen atoms in total. The van der Waals surface area contributed by atoms with E-state index in [1.54, 1.807) is 68.5 Å². The summed E-state index contributed by atoms with van der Waals surface area (Å²) in [6.07, 6.45) is 1.74. The first-order chi connectivity index (χ1) is 16.3. The third-order valence-corrected chi connectivity index (χ3v) is 6.38. The van der Waals surface area contributed by atoms with Gasteiger partial charge in [0.25, 0.3) is 5.56 Å². The van der Waals surface area contributed by atoms with Gasteiger partial charge in [-0.15, -0.1) is 0 Å². The van der Waals surface area contributed by atoms with Crippen molar-refractivity contribution in [2.45, 2.75) is 26.8 Å². The molecule has 0 fully saturated rings. The van der Waals surface area contributed by atoms with Crippen molar-refractivity contribution in [3.63, 3.8) is 0 Å². The number of hydrogen-bond donors (Lipinski definition) is 0. The lowest BCUT2D eigenvalue weighted by atomic mass is 9.96. The average molecular weight is 497 g/mol. The molecule has 3 aromatic rings. The summed E-state index contributed by atoms with van der Waals surface area (Å²) in [4.78, 5) is 42.6. The van der Waals surface area contributed by atoms with Crippen molar-refractivity contribution in [3.05, 3.63) is 95.6 Å². The summed E-state index contributed by atoms with van der Waals surface area (Å²) < 4.78 is 12.3. The Balaban J connectivity index is 1.86. The molecule has 9 heteroatoms.